The standard InChI is InChI=1S/C20H20N2O3/c1-4-25-18-7-5-6-15(19(18)23)11-16(12-21)20(24)22-17-9-8-13(2)14(3)10-17/h5-11,23H,4H2,1-3H3,(H,22,24)/b16-11-. The van der Waals surface area contributed by atoms with Crippen LogP contribution < -0.4 is 10.1 Å². The Bertz CT molecular complexity index is 864. The molecule has 0 aromatic heterocycles. The van der Waals surface area contributed by atoms with Crippen LogP contribution >= 0.6 is 0 Å². The summed E-state index contributed by atoms with van der Waals surface area (Å²) in [6.07, 6.45) is 1.34. The molecule has 2 aromatic rings. The molecule has 0 aliphatic carbocycles. The van der Waals surface area contributed by atoms with E-state index in [2.05, 4.69) is 5.32 Å². The molecule has 5 heteroatoms. The van der Waals surface area contributed by atoms with E-state index in [1.54, 1.807) is 31.2 Å². The zero-order valence-corrected chi connectivity index (χ0v) is 14.5. The zero-order valence-electron chi connectivity index (χ0n) is 14.5. The van der Waals surface area contributed by atoms with Crippen LogP contribution in [-0.2, 0) is 4.79 Å². The number of nitriles is 1. The molecule has 2 aromatic carbocycles. The topological polar surface area (TPSA) is 82.3 Å². The summed E-state index contributed by atoms with van der Waals surface area (Å²) in [7, 11) is 0. The maximum Gasteiger partial charge on any atom is 0.266 e. The Morgan fingerprint density at radius 3 is 2.68 bits per heavy atom. The highest BCUT2D eigenvalue weighted by Crippen LogP contribution is 2.31. The molecule has 0 radical (unpaired) electrons. The molecule has 0 atom stereocenters. The highest BCUT2D eigenvalue weighted by atomic mass is 16.5. The number of ether oxygens (including phenoxy) is 1. The van der Waals surface area contributed by atoms with E-state index >= 15 is 0 Å². The molecule has 0 unspecified atom stereocenters. The second-order valence-electron chi connectivity index (χ2n) is 5.55. The molecule has 1 amide bonds. The van der Waals surface area contributed by atoms with Gasteiger partial charge in [0.15, 0.2) is 11.5 Å². The third-order valence-electron chi connectivity index (χ3n) is 3.76. The molecule has 0 fully saturated rings. The molecule has 0 saturated carbocycles. The number of hydrogen-bond acceptors (Lipinski definition) is 4. The number of amides is 1. The lowest BCUT2D eigenvalue weighted by Crippen LogP contribution is -2.13. The van der Waals surface area contributed by atoms with Crippen molar-refractivity contribution in [3.05, 3.63) is 58.7 Å². The fourth-order valence-electron chi connectivity index (χ4n) is 2.25. The third kappa shape index (κ3) is 4.39. The number of nitrogens with zero attached hydrogens (tertiary/aromatic N) is 1. The third-order valence-corrected chi connectivity index (χ3v) is 3.76. The van der Waals surface area contributed by atoms with Crippen LogP contribution in [0.15, 0.2) is 42.0 Å². The van der Waals surface area contributed by atoms with Gasteiger partial charge in [-0.25, -0.2) is 0 Å². The van der Waals surface area contributed by atoms with Gasteiger partial charge in [0.1, 0.15) is 11.6 Å². The number of phenols is 1. The first kappa shape index (κ1) is 18.1. The summed E-state index contributed by atoms with van der Waals surface area (Å²) in [5, 5.41) is 22.2. The van der Waals surface area contributed by atoms with Crippen LogP contribution in [0.3, 0.4) is 0 Å². The smallest absolute Gasteiger partial charge is 0.266 e. The molecule has 128 valence electrons. The average Bonchev–Trinajstić information content (AvgIpc) is 2.59. The molecule has 5 nitrogen and oxygen atoms in total. The van der Waals surface area contributed by atoms with Gasteiger partial charge in [0, 0.05) is 11.3 Å². The normalized spacial score (nSPS) is 10.9. The van der Waals surface area contributed by atoms with Gasteiger partial charge in [0.25, 0.3) is 5.91 Å². The number of phenolic OH excluding ortho intramolecular Hbond substituents is 1. The second kappa shape index (κ2) is 8.02. The largest absolute Gasteiger partial charge is 0.504 e. The summed E-state index contributed by atoms with van der Waals surface area (Å²) in [6.45, 7) is 6.14. The van der Waals surface area contributed by atoms with E-state index in [4.69, 9.17) is 4.74 Å². The van der Waals surface area contributed by atoms with E-state index in [0.29, 0.717) is 23.6 Å². The summed E-state index contributed by atoms with van der Waals surface area (Å²) < 4.78 is 5.31. The molecule has 25 heavy (non-hydrogen) atoms. The minimum atomic E-state index is -0.535. The summed E-state index contributed by atoms with van der Waals surface area (Å²) in [5.74, 6) is -0.328. The summed E-state index contributed by atoms with van der Waals surface area (Å²) in [4.78, 5) is 12.4. The van der Waals surface area contributed by atoms with Crippen LogP contribution in [0.25, 0.3) is 6.08 Å². The Balaban J connectivity index is 2.28. The maximum atomic E-state index is 12.4. The van der Waals surface area contributed by atoms with Crippen LogP contribution in [0.1, 0.15) is 23.6 Å². The number of para-hydroxylation sites is 1. The van der Waals surface area contributed by atoms with Crippen LogP contribution in [0, 0.1) is 25.2 Å². The number of aryl methyl sites for hydroxylation is 2. The van der Waals surface area contributed by atoms with Gasteiger partial charge in [-0.1, -0.05) is 18.2 Å². The minimum absolute atomic E-state index is 0.101. The van der Waals surface area contributed by atoms with Gasteiger partial charge in [-0.3, -0.25) is 4.79 Å². The number of carbonyl (C=O) groups is 1. The van der Waals surface area contributed by atoms with E-state index in [-0.39, 0.29) is 11.3 Å². The Morgan fingerprint density at radius 2 is 2.04 bits per heavy atom. The number of nitrogens with one attached hydrogen (secondary N) is 1. The van der Waals surface area contributed by atoms with Gasteiger partial charge in [-0.15, -0.1) is 0 Å². The SMILES string of the molecule is CCOc1cccc(/C=C(/C#N)C(=O)Nc2ccc(C)c(C)c2)c1O. The summed E-state index contributed by atoms with van der Waals surface area (Å²) >= 11 is 0. The van der Waals surface area contributed by atoms with Crippen molar-refractivity contribution in [2.75, 3.05) is 11.9 Å². The van der Waals surface area contributed by atoms with Gasteiger partial charge in [-0.05, 0) is 56.2 Å². The van der Waals surface area contributed by atoms with Gasteiger partial charge in [-0.2, -0.15) is 5.26 Å². The Kier molecular flexibility index (Phi) is 5.80. The lowest BCUT2D eigenvalue weighted by molar-refractivity contribution is -0.112. The maximum absolute atomic E-state index is 12.4. The quantitative estimate of drug-likeness (QED) is 0.640. The molecule has 0 bridgehead atoms. The molecule has 0 heterocycles. The predicted octanol–water partition coefficient (Wildman–Crippen LogP) is 3.95. The van der Waals surface area contributed by atoms with Gasteiger partial charge in [0.05, 0.1) is 6.61 Å². The number of anilines is 1. The van der Waals surface area contributed by atoms with E-state index in [9.17, 15) is 15.2 Å². The Hall–Kier alpha value is -3.26. The summed E-state index contributed by atoms with van der Waals surface area (Å²) in [5.41, 5.74) is 3.01. The molecular formula is C20H20N2O3. The monoisotopic (exact) mass is 336 g/mol. The van der Waals surface area contributed by atoms with Crippen molar-refractivity contribution in [3.63, 3.8) is 0 Å². The fraction of sp³-hybridized carbons (Fsp3) is 0.200. The minimum Gasteiger partial charge on any atom is -0.504 e. The Morgan fingerprint density at radius 1 is 1.28 bits per heavy atom. The van der Waals surface area contributed by atoms with Gasteiger partial charge < -0.3 is 15.2 Å². The van der Waals surface area contributed by atoms with E-state index in [1.807, 2.05) is 32.0 Å². The molecule has 0 aliphatic heterocycles. The van der Waals surface area contributed by atoms with Crippen LogP contribution in [0.5, 0.6) is 11.5 Å². The lowest BCUT2D eigenvalue weighted by atomic mass is 10.1. The van der Waals surface area contributed by atoms with Crippen molar-refractivity contribution in [3.8, 4) is 17.6 Å². The van der Waals surface area contributed by atoms with Gasteiger partial charge in [0.2, 0.25) is 0 Å². The predicted molar refractivity (Wildman–Crippen MR) is 97.4 cm³/mol. The van der Waals surface area contributed by atoms with E-state index in [1.165, 1.54) is 6.08 Å². The number of benzene rings is 2. The molecule has 2 N–H and O–H groups in total. The molecule has 0 aliphatic rings. The fourth-order valence-corrected chi connectivity index (χ4v) is 2.25. The lowest BCUT2D eigenvalue weighted by Gasteiger charge is -2.09. The van der Waals surface area contributed by atoms with Crippen molar-refractivity contribution in [2.45, 2.75) is 20.8 Å². The summed E-state index contributed by atoms with van der Waals surface area (Å²) in [6, 6.07) is 12.3. The highest BCUT2D eigenvalue weighted by Gasteiger charge is 2.13. The van der Waals surface area contributed by atoms with Crippen molar-refractivity contribution in [2.24, 2.45) is 0 Å². The van der Waals surface area contributed by atoms with Crippen molar-refractivity contribution < 1.29 is 14.6 Å². The van der Waals surface area contributed by atoms with Crippen molar-refractivity contribution >= 4 is 17.7 Å². The highest BCUT2D eigenvalue weighted by molar-refractivity contribution is 6.09. The van der Waals surface area contributed by atoms with Crippen LogP contribution in [0.2, 0.25) is 0 Å². The van der Waals surface area contributed by atoms with Gasteiger partial charge >= 0.3 is 0 Å². The molecule has 2 rings (SSSR count). The first-order valence-electron chi connectivity index (χ1n) is 7.91. The molecule has 0 spiro atoms. The first-order chi connectivity index (χ1) is 12.0. The molecular weight excluding hydrogens is 316 g/mol. The van der Waals surface area contributed by atoms with Crippen molar-refractivity contribution in [1.29, 1.82) is 5.26 Å². The number of aromatic hydroxyl groups is 1. The molecule has 0 saturated heterocycles. The second-order valence-corrected chi connectivity index (χ2v) is 5.55. The number of rotatable bonds is 5. The van der Waals surface area contributed by atoms with Crippen molar-refractivity contribution in [1.82, 2.24) is 0 Å². The first-order valence-corrected chi connectivity index (χ1v) is 7.91. The van der Waals surface area contributed by atoms with Crippen LogP contribution in [-0.4, -0.2) is 17.6 Å². The van der Waals surface area contributed by atoms with E-state index in [0.717, 1.165) is 11.1 Å². The van der Waals surface area contributed by atoms with E-state index < -0.39 is 5.91 Å². The number of carbonyl (C=O) groups excluding carboxylic acids is 1. The Labute approximate surface area is 147 Å². The average molecular weight is 336 g/mol. The number of hydrogen-bond donors (Lipinski definition) is 2. The zero-order chi connectivity index (χ0) is 18.4. The van der Waals surface area contributed by atoms with Crippen LogP contribution in [0.4, 0.5) is 5.69 Å².